The molecule has 1 aliphatic rings. The van der Waals surface area contributed by atoms with Crippen LogP contribution in [0.15, 0.2) is 48.5 Å². The molecule has 0 N–H and O–H groups in total. The van der Waals surface area contributed by atoms with Crippen molar-refractivity contribution in [2.75, 3.05) is 19.1 Å². The molecule has 3 rings (SSSR count). The standard InChI is InChI=1S/C20H22N2O3S2/c1-20(2)18(22(19(26)27-20)15-8-6-5-7-9-15)21(23)13-14-10-11-16(24-3)17(12-14)25-4/h5-13,18H,1-4H3/b21-13-. The van der Waals surface area contributed by atoms with Crippen LogP contribution < -0.4 is 14.4 Å². The molecular weight excluding hydrogens is 380 g/mol. The summed E-state index contributed by atoms with van der Waals surface area (Å²) >= 11 is 7.12. The van der Waals surface area contributed by atoms with Crippen LogP contribution in [0.1, 0.15) is 19.4 Å². The van der Waals surface area contributed by atoms with E-state index in [4.69, 9.17) is 21.7 Å². The molecule has 27 heavy (non-hydrogen) atoms. The minimum absolute atomic E-state index is 0.373. The topological polar surface area (TPSA) is 47.8 Å². The van der Waals surface area contributed by atoms with Crippen LogP contribution in [-0.4, -0.2) is 40.4 Å². The first kappa shape index (κ1) is 19.5. The molecule has 1 aliphatic heterocycles. The van der Waals surface area contributed by atoms with E-state index in [0.29, 0.717) is 15.8 Å². The van der Waals surface area contributed by atoms with Crippen LogP contribution in [0.2, 0.25) is 0 Å². The van der Waals surface area contributed by atoms with Crippen LogP contribution >= 0.6 is 24.0 Å². The molecule has 1 saturated heterocycles. The Kier molecular flexibility index (Phi) is 5.62. The third kappa shape index (κ3) is 3.89. The fraction of sp³-hybridized carbons (Fsp3) is 0.300. The van der Waals surface area contributed by atoms with Crippen molar-refractivity contribution in [3.8, 4) is 11.5 Å². The normalized spacial score (nSPS) is 19.3. The number of nitrogens with zero attached hydrogens (tertiary/aromatic N) is 2. The minimum atomic E-state index is -0.467. The first-order valence-electron chi connectivity index (χ1n) is 8.47. The van der Waals surface area contributed by atoms with Crippen molar-refractivity contribution >= 4 is 40.2 Å². The number of benzene rings is 2. The lowest BCUT2D eigenvalue weighted by molar-refractivity contribution is -0.497. The van der Waals surface area contributed by atoms with Crippen molar-refractivity contribution in [2.45, 2.75) is 24.8 Å². The second-order valence-corrected chi connectivity index (χ2v) is 8.94. The molecule has 0 aromatic heterocycles. The second kappa shape index (κ2) is 7.78. The van der Waals surface area contributed by atoms with Gasteiger partial charge < -0.3 is 14.7 Å². The number of methoxy groups -OCH3 is 2. The highest BCUT2D eigenvalue weighted by atomic mass is 32.2. The van der Waals surface area contributed by atoms with Gasteiger partial charge in [0.15, 0.2) is 17.7 Å². The van der Waals surface area contributed by atoms with E-state index in [-0.39, 0.29) is 4.75 Å². The third-order valence-electron chi connectivity index (χ3n) is 4.37. The van der Waals surface area contributed by atoms with E-state index in [1.165, 1.54) is 11.8 Å². The molecule has 0 aliphatic carbocycles. The Bertz CT molecular complexity index is 869. The highest BCUT2D eigenvalue weighted by molar-refractivity contribution is 8.24. The van der Waals surface area contributed by atoms with Gasteiger partial charge in [-0.15, -0.1) is 0 Å². The largest absolute Gasteiger partial charge is 0.622 e. The zero-order chi connectivity index (χ0) is 19.6. The molecule has 7 heteroatoms. The first-order valence-corrected chi connectivity index (χ1v) is 9.69. The van der Waals surface area contributed by atoms with Crippen molar-refractivity contribution in [3.05, 3.63) is 59.3 Å². The molecule has 5 nitrogen and oxygen atoms in total. The quantitative estimate of drug-likeness (QED) is 0.245. The molecule has 0 spiro atoms. The van der Waals surface area contributed by atoms with Gasteiger partial charge in [-0.25, -0.2) is 0 Å². The fourth-order valence-corrected chi connectivity index (χ4v) is 5.06. The van der Waals surface area contributed by atoms with Crippen LogP contribution in [0, 0.1) is 5.21 Å². The second-order valence-electron chi connectivity index (χ2n) is 6.65. The molecule has 0 radical (unpaired) electrons. The van der Waals surface area contributed by atoms with Crippen LogP contribution in [0.5, 0.6) is 11.5 Å². The molecule has 0 saturated carbocycles. The summed E-state index contributed by atoms with van der Waals surface area (Å²) in [6.45, 7) is 4.07. The van der Waals surface area contributed by atoms with Crippen LogP contribution in [-0.2, 0) is 0 Å². The number of thiocarbonyl (C=S) groups is 1. The van der Waals surface area contributed by atoms with Gasteiger partial charge in [0.25, 0.3) is 6.17 Å². The summed E-state index contributed by atoms with van der Waals surface area (Å²) in [5.74, 6) is 1.20. The highest BCUT2D eigenvalue weighted by Gasteiger charge is 2.51. The molecule has 2 aromatic carbocycles. The SMILES string of the molecule is COc1ccc(/C=[N+](\[O-])C2N(c3ccccc3)C(=S)SC2(C)C)cc1OC. The summed E-state index contributed by atoms with van der Waals surface area (Å²) in [7, 11) is 3.15. The summed E-state index contributed by atoms with van der Waals surface area (Å²) < 4.78 is 11.9. The zero-order valence-corrected chi connectivity index (χ0v) is 17.3. The van der Waals surface area contributed by atoms with Gasteiger partial charge in [-0.05, 0) is 44.2 Å². The van der Waals surface area contributed by atoms with Gasteiger partial charge in [0, 0.05) is 11.3 Å². The van der Waals surface area contributed by atoms with E-state index in [9.17, 15) is 5.21 Å². The number of para-hydroxylation sites is 1. The lowest BCUT2D eigenvalue weighted by Gasteiger charge is -2.29. The van der Waals surface area contributed by atoms with Gasteiger partial charge in [0.1, 0.15) is 9.07 Å². The number of thioether (sulfide) groups is 1. The zero-order valence-electron chi connectivity index (χ0n) is 15.7. The third-order valence-corrected chi connectivity index (χ3v) is 5.93. The van der Waals surface area contributed by atoms with Gasteiger partial charge in [0.05, 0.1) is 14.2 Å². The smallest absolute Gasteiger partial charge is 0.258 e. The summed E-state index contributed by atoms with van der Waals surface area (Å²) in [6.07, 6.45) is 1.10. The molecule has 142 valence electrons. The van der Waals surface area contributed by atoms with Crippen LogP contribution in [0.25, 0.3) is 0 Å². The average Bonchev–Trinajstić information content (AvgIpc) is 2.90. The van der Waals surface area contributed by atoms with E-state index in [0.717, 1.165) is 16.0 Å². The Labute approximate surface area is 169 Å². The number of anilines is 1. The molecule has 1 atom stereocenters. The molecule has 1 unspecified atom stereocenters. The number of hydrogen-bond acceptors (Lipinski definition) is 5. The van der Waals surface area contributed by atoms with Gasteiger partial charge in [-0.3, -0.25) is 4.90 Å². The van der Waals surface area contributed by atoms with Crippen LogP contribution in [0.3, 0.4) is 0 Å². The maximum atomic E-state index is 13.2. The Balaban J connectivity index is 2.01. The van der Waals surface area contributed by atoms with Crippen molar-refractivity contribution in [3.63, 3.8) is 0 Å². The Hall–Kier alpha value is -2.25. The maximum absolute atomic E-state index is 13.2. The van der Waals surface area contributed by atoms with E-state index < -0.39 is 6.17 Å². The molecule has 2 aromatic rings. The van der Waals surface area contributed by atoms with E-state index in [1.807, 2.05) is 55.1 Å². The predicted molar refractivity (Wildman–Crippen MR) is 115 cm³/mol. The van der Waals surface area contributed by atoms with Crippen LogP contribution in [0.4, 0.5) is 5.69 Å². The van der Waals surface area contributed by atoms with Crippen molar-refractivity contribution in [1.82, 2.24) is 0 Å². The fourth-order valence-electron chi connectivity index (χ4n) is 3.14. The van der Waals surface area contributed by atoms with Crippen molar-refractivity contribution in [2.24, 2.45) is 0 Å². The van der Waals surface area contributed by atoms with E-state index in [2.05, 4.69) is 0 Å². The Morgan fingerprint density at radius 3 is 2.41 bits per heavy atom. The predicted octanol–water partition coefficient (Wildman–Crippen LogP) is 4.28. The maximum Gasteiger partial charge on any atom is 0.258 e. The lowest BCUT2D eigenvalue weighted by Crippen LogP contribution is -2.48. The van der Waals surface area contributed by atoms with Gasteiger partial charge in [-0.2, -0.15) is 4.74 Å². The minimum Gasteiger partial charge on any atom is -0.622 e. The number of hydroxylamine groups is 1. The summed E-state index contributed by atoms with van der Waals surface area (Å²) in [5.41, 5.74) is 1.64. The molecule has 1 fully saturated rings. The number of rotatable bonds is 5. The number of ether oxygens (including phenoxy) is 2. The molecule has 0 bridgehead atoms. The first-order chi connectivity index (χ1) is 12.9. The van der Waals surface area contributed by atoms with Gasteiger partial charge in [0.2, 0.25) is 0 Å². The van der Waals surface area contributed by atoms with Gasteiger partial charge >= 0.3 is 0 Å². The Morgan fingerprint density at radius 2 is 1.78 bits per heavy atom. The van der Waals surface area contributed by atoms with E-state index >= 15 is 0 Å². The van der Waals surface area contributed by atoms with Crippen molar-refractivity contribution in [1.29, 1.82) is 0 Å². The summed E-state index contributed by atoms with van der Waals surface area (Å²) in [5, 5.41) is 13.2. The number of hydrogen-bond donors (Lipinski definition) is 0. The molecular formula is C20H22N2O3S2. The lowest BCUT2D eigenvalue weighted by atomic mass is 10.1. The average molecular weight is 403 g/mol. The Morgan fingerprint density at radius 1 is 1.11 bits per heavy atom. The van der Waals surface area contributed by atoms with Gasteiger partial charge in [-0.1, -0.05) is 42.2 Å². The highest BCUT2D eigenvalue weighted by Crippen LogP contribution is 2.43. The monoisotopic (exact) mass is 402 g/mol. The molecule has 0 amide bonds. The van der Waals surface area contributed by atoms with E-state index in [1.54, 1.807) is 32.6 Å². The summed E-state index contributed by atoms with van der Waals surface area (Å²) in [6, 6.07) is 15.2. The van der Waals surface area contributed by atoms with Crippen molar-refractivity contribution < 1.29 is 14.2 Å². The molecule has 1 heterocycles. The summed E-state index contributed by atoms with van der Waals surface area (Å²) in [4.78, 5) is 1.92.